The first-order chi connectivity index (χ1) is 16.4. The maximum atomic E-state index is 11.2. The third-order valence-electron chi connectivity index (χ3n) is 5.70. The minimum atomic E-state index is -1.01. The van der Waals surface area contributed by atoms with E-state index in [1.807, 2.05) is 30.4 Å². The largest absolute Gasteiger partial charge is 0.478 e. The number of carboxylic acid groups (broad SMARTS) is 1. The molecule has 4 rings (SSSR count). The van der Waals surface area contributed by atoms with Crippen molar-refractivity contribution in [1.29, 1.82) is 0 Å². The molecule has 0 aliphatic rings. The minimum absolute atomic E-state index is 0.0897. The fourth-order valence-corrected chi connectivity index (χ4v) is 3.72. The number of benzene rings is 4. The number of carboxylic acids is 1. The Balaban J connectivity index is 1.61. The average molecular weight is 446 g/mol. The van der Waals surface area contributed by atoms with E-state index in [-0.39, 0.29) is 5.57 Å². The van der Waals surface area contributed by atoms with Crippen molar-refractivity contribution in [2.24, 2.45) is 0 Å². The molecule has 0 radical (unpaired) electrons. The van der Waals surface area contributed by atoms with Gasteiger partial charge < -0.3 is 10.0 Å². The van der Waals surface area contributed by atoms with Crippen molar-refractivity contribution in [1.82, 2.24) is 0 Å². The van der Waals surface area contributed by atoms with Crippen LogP contribution in [0.15, 0.2) is 104 Å². The number of aryl methyl sites for hydroxylation is 2. The van der Waals surface area contributed by atoms with Crippen LogP contribution in [-0.4, -0.2) is 11.1 Å². The van der Waals surface area contributed by atoms with Gasteiger partial charge in [-0.3, -0.25) is 0 Å². The summed E-state index contributed by atoms with van der Waals surface area (Å²) in [7, 11) is 0. The Morgan fingerprint density at radius 1 is 0.706 bits per heavy atom. The van der Waals surface area contributed by atoms with Crippen molar-refractivity contribution in [3.8, 4) is 0 Å². The van der Waals surface area contributed by atoms with Gasteiger partial charge in [-0.15, -0.1) is 0 Å². The average Bonchev–Trinajstić information content (AvgIpc) is 2.85. The predicted octanol–water partition coefficient (Wildman–Crippen LogP) is 8.04. The number of rotatable bonds is 7. The quantitative estimate of drug-likeness (QED) is 0.231. The molecule has 0 aliphatic heterocycles. The van der Waals surface area contributed by atoms with Crippen LogP contribution in [0.2, 0.25) is 0 Å². The second-order valence-corrected chi connectivity index (χ2v) is 8.34. The van der Waals surface area contributed by atoms with Crippen LogP contribution >= 0.6 is 0 Å². The molecule has 0 spiro atoms. The Kier molecular flexibility index (Phi) is 6.74. The summed E-state index contributed by atoms with van der Waals surface area (Å²) in [6, 6.07) is 32.8. The van der Waals surface area contributed by atoms with Crippen molar-refractivity contribution in [2.45, 2.75) is 13.8 Å². The maximum absolute atomic E-state index is 11.2. The first kappa shape index (κ1) is 22.8. The van der Waals surface area contributed by atoms with Gasteiger partial charge >= 0.3 is 5.97 Å². The molecule has 0 aromatic heterocycles. The van der Waals surface area contributed by atoms with Crippen LogP contribution in [0.25, 0.3) is 17.7 Å². The Morgan fingerprint density at radius 2 is 1.18 bits per heavy atom. The molecule has 0 bridgehead atoms. The maximum Gasteiger partial charge on any atom is 0.335 e. The standard InChI is InChI=1S/C31H27NO2/c1-22-7-15-28(16-8-22)32(29-17-9-23(2)10-18-29)30-19-13-25(14-20-30)11-12-26-5-4-6-27(21-26)24(3)31(33)34/h4-21H,3H2,1-2H3,(H,33,34). The van der Waals surface area contributed by atoms with Gasteiger partial charge in [0.15, 0.2) is 0 Å². The van der Waals surface area contributed by atoms with E-state index >= 15 is 0 Å². The lowest BCUT2D eigenvalue weighted by molar-refractivity contribution is -0.130. The highest BCUT2D eigenvalue weighted by Gasteiger charge is 2.12. The molecule has 0 amide bonds. The van der Waals surface area contributed by atoms with Crippen molar-refractivity contribution in [2.75, 3.05) is 4.90 Å². The van der Waals surface area contributed by atoms with Crippen LogP contribution < -0.4 is 4.90 Å². The van der Waals surface area contributed by atoms with E-state index in [0.29, 0.717) is 5.56 Å². The number of hydrogen-bond donors (Lipinski definition) is 1. The van der Waals surface area contributed by atoms with Gasteiger partial charge in [-0.25, -0.2) is 4.79 Å². The predicted molar refractivity (Wildman–Crippen MR) is 143 cm³/mol. The normalized spacial score (nSPS) is 10.9. The first-order valence-corrected chi connectivity index (χ1v) is 11.1. The molecule has 4 aromatic rings. The smallest absolute Gasteiger partial charge is 0.335 e. The van der Waals surface area contributed by atoms with Gasteiger partial charge in [0.1, 0.15) is 0 Å². The van der Waals surface area contributed by atoms with Crippen LogP contribution in [-0.2, 0) is 4.79 Å². The molecule has 1 N–H and O–H groups in total. The summed E-state index contributed by atoms with van der Waals surface area (Å²) < 4.78 is 0. The van der Waals surface area contributed by atoms with Gasteiger partial charge in [0.2, 0.25) is 0 Å². The van der Waals surface area contributed by atoms with Gasteiger partial charge in [-0.2, -0.15) is 0 Å². The Bertz CT molecular complexity index is 1290. The third-order valence-corrected chi connectivity index (χ3v) is 5.70. The number of nitrogens with zero attached hydrogens (tertiary/aromatic N) is 1. The molecular formula is C31H27NO2. The second kappa shape index (κ2) is 10.1. The number of hydrogen-bond acceptors (Lipinski definition) is 2. The molecule has 0 unspecified atom stereocenters. The summed E-state index contributed by atoms with van der Waals surface area (Å²) in [5.74, 6) is -1.01. The summed E-state index contributed by atoms with van der Waals surface area (Å²) in [6.07, 6.45) is 4.00. The van der Waals surface area contributed by atoms with E-state index in [9.17, 15) is 9.90 Å². The first-order valence-electron chi connectivity index (χ1n) is 11.1. The van der Waals surface area contributed by atoms with Crippen molar-refractivity contribution in [3.63, 3.8) is 0 Å². The molecule has 0 aliphatic carbocycles. The molecule has 0 saturated heterocycles. The third kappa shape index (κ3) is 5.33. The summed E-state index contributed by atoms with van der Waals surface area (Å²) in [4.78, 5) is 13.4. The van der Waals surface area contributed by atoms with Crippen LogP contribution in [0.5, 0.6) is 0 Å². The van der Waals surface area contributed by atoms with Crippen LogP contribution in [0, 0.1) is 13.8 Å². The highest BCUT2D eigenvalue weighted by atomic mass is 16.4. The Labute approximate surface area is 200 Å². The van der Waals surface area contributed by atoms with Gasteiger partial charge in [-0.1, -0.05) is 84.5 Å². The second-order valence-electron chi connectivity index (χ2n) is 8.34. The van der Waals surface area contributed by atoms with Crippen molar-refractivity contribution >= 4 is 40.8 Å². The van der Waals surface area contributed by atoms with Crippen LogP contribution in [0.3, 0.4) is 0 Å². The van der Waals surface area contributed by atoms with Gasteiger partial charge in [0.05, 0.1) is 5.57 Å². The molecule has 34 heavy (non-hydrogen) atoms. The molecule has 4 aromatic carbocycles. The summed E-state index contributed by atoms with van der Waals surface area (Å²) in [5, 5.41) is 9.18. The van der Waals surface area contributed by atoms with Gasteiger partial charge in [-0.05, 0) is 73.0 Å². The topological polar surface area (TPSA) is 40.5 Å². The summed E-state index contributed by atoms with van der Waals surface area (Å²) in [6.45, 7) is 7.82. The van der Waals surface area contributed by atoms with Crippen LogP contribution in [0.4, 0.5) is 17.1 Å². The minimum Gasteiger partial charge on any atom is -0.478 e. The molecular weight excluding hydrogens is 418 g/mol. The monoisotopic (exact) mass is 445 g/mol. The lowest BCUT2D eigenvalue weighted by atomic mass is 10.0. The SMILES string of the molecule is C=C(C(=O)O)c1cccc(C=Cc2ccc(N(c3ccc(C)cc3)c3ccc(C)cc3)cc2)c1. The Hall–Kier alpha value is -4.37. The van der Waals surface area contributed by atoms with Gasteiger partial charge in [0.25, 0.3) is 0 Å². The highest BCUT2D eigenvalue weighted by Crippen LogP contribution is 2.34. The number of carbonyl (C=O) groups is 1. The lowest BCUT2D eigenvalue weighted by Crippen LogP contribution is -2.09. The van der Waals surface area contributed by atoms with Crippen molar-refractivity contribution < 1.29 is 9.90 Å². The van der Waals surface area contributed by atoms with E-state index in [0.717, 1.165) is 28.2 Å². The summed E-state index contributed by atoms with van der Waals surface area (Å²) in [5.41, 5.74) is 8.41. The van der Waals surface area contributed by atoms with Crippen molar-refractivity contribution in [3.05, 3.63) is 131 Å². The van der Waals surface area contributed by atoms with E-state index in [2.05, 4.69) is 98.1 Å². The fourth-order valence-electron chi connectivity index (χ4n) is 3.72. The van der Waals surface area contributed by atoms with E-state index < -0.39 is 5.97 Å². The molecule has 0 fully saturated rings. The van der Waals surface area contributed by atoms with Crippen LogP contribution in [0.1, 0.15) is 27.8 Å². The van der Waals surface area contributed by atoms with E-state index in [1.165, 1.54) is 11.1 Å². The zero-order valence-corrected chi connectivity index (χ0v) is 19.4. The molecule has 0 heterocycles. The summed E-state index contributed by atoms with van der Waals surface area (Å²) >= 11 is 0. The number of aliphatic carboxylic acids is 1. The molecule has 3 nitrogen and oxygen atoms in total. The zero-order valence-electron chi connectivity index (χ0n) is 19.4. The molecule has 0 saturated carbocycles. The molecule has 168 valence electrons. The lowest BCUT2D eigenvalue weighted by Gasteiger charge is -2.25. The van der Waals surface area contributed by atoms with E-state index in [1.54, 1.807) is 6.07 Å². The zero-order chi connectivity index (χ0) is 24.1. The number of anilines is 3. The molecule has 0 atom stereocenters. The van der Waals surface area contributed by atoms with Gasteiger partial charge in [0, 0.05) is 17.1 Å². The fraction of sp³-hybridized carbons (Fsp3) is 0.0645. The Morgan fingerprint density at radius 3 is 1.68 bits per heavy atom. The highest BCUT2D eigenvalue weighted by molar-refractivity contribution is 6.14. The molecule has 3 heteroatoms. The van der Waals surface area contributed by atoms with E-state index in [4.69, 9.17) is 0 Å².